The van der Waals surface area contributed by atoms with Gasteiger partial charge in [-0.2, -0.15) is 0 Å². The zero-order chi connectivity index (χ0) is 18.5. The lowest BCUT2D eigenvalue weighted by molar-refractivity contribution is -0.145. The molecule has 0 fully saturated rings. The molecular weight excluding hydrogens is 328 g/mol. The Kier molecular flexibility index (Phi) is 5.89. The van der Waals surface area contributed by atoms with Gasteiger partial charge in [0.05, 0.1) is 11.6 Å². The number of carbonyl (C=O) groups excluding carboxylic acids is 2. The SMILES string of the molecule is CCN(CC)CCOC(=O)C1CCn2c(C(=O)c3ccccc3)ccc21. The molecule has 138 valence electrons. The average molecular weight is 354 g/mol. The van der Waals surface area contributed by atoms with Crippen molar-refractivity contribution in [3.63, 3.8) is 0 Å². The highest BCUT2D eigenvalue weighted by Crippen LogP contribution is 2.32. The van der Waals surface area contributed by atoms with Gasteiger partial charge >= 0.3 is 5.97 Å². The van der Waals surface area contributed by atoms with Gasteiger partial charge in [-0.1, -0.05) is 44.2 Å². The number of carbonyl (C=O) groups is 2. The first kappa shape index (κ1) is 18.4. The van der Waals surface area contributed by atoms with Crippen molar-refractivity contribution in [3.05, 3.63) is 59.4 Å². The maximum Gasteiger partial charge on any atom is 0.315 e. The van der Waals surface area contributed by atoms with E-state index in [4.69, 9.17) is 4.74 Å². The summed E-state index contributed by atoms with van der Waals surface area (Å²) in [6.45, 7) is 7.93. The summed E-state index contributed by atoms with van der Waals surface area (Å²) >= 11 is 0. The van der Waals surface area contributed by atoms with Crippen LogP contribution in [0.25, 0.3) is 0 Å². The smallest absolute Gasteiger partial charge is 0.315 e. The van der Waals surface area contributed by atoms with E-state index in [2.05, 4.69) is 18.7 Å². The molecule has 1 aliphatic rings. The summed E-state index contributed by atoms with van der Waals surface area (Å²) in [5, 5.41) is 0. The quantitative estimate of drug-likeness (QED) is 0.540. The molecule has 2 heterocycles. The number of ether oxygens (including phenoxy) is 1. The number of ketones is 1. The molecule has 0 amide bonds. The van der Waals surface area contributed by atoms with E-state index in [-0.39, 0.29) is 17.7 Å². The summed E-state index contributed by atoms with van der Waals surface area (Å²) in [4.78, 5) is 27.4. The maximum atomic E-state index is 12.7. The lowest BCUT2D eigenvalue weighted by Crippen LogP contribution is -2.28. The Balaban J connectivity index is 1.66. The van der Waals surface area contributed by atoms with Crippen molar-refractivity contribution >= 4 is 11.8 Å². The molecule has 5 nitrogen and oxygen atoms in total. The van der Waals surface area contributed by atoms with Crippen LogP contribution in [0.2, 0.25) is 0 Å². The third-order valence-electron chi connectivity index (χ3n) is 5.11. The largest absolute Gasteiger partial charge is 0.464 e. The number of likely N-dealkylation sites (N-methyl/N-ethyl adjacent to an activating group) is 1. The minimum Gasteiger partial charge on any atom is -0.464 e. The van der Waals surface area contributed by atoms with Crippen molar-refractivity contribution in [2.24, 2.45) is 0 Å². The second-order valence-corrected chi connectivity index (χ2v) is 6.53. The molecule has 0 bridgehead atoms. The minimum absolute atomic E-state index is 0.00704. The second kappa shape index (κ2) is 8.32. The molecule has 1 aromatic carbocycles. The first-order valence-electron chi connectivity index (χ1n) is 9.33. The van der Waals surface area contributed by atoms with Gasteiger partial charge in [0.25, 0.3) is 0 Å². The van der Waals surface area contributed by atoms with Gasteiger partial charge in [-0.05, 0) is 31.6 Å². The molecule has 1 unspecified atom stereocenters. The summed E-state index contributed by atoms with van der Waals surface area (Å²) in [5.74, 6) is -0.468. The molecule has 0 saturated heterocycles. The standard InChI is InChI=1S/C21H26N2O3/c1-3-22(4-2)14-15-26-21(25)17-12-13-23-18(17)10-11-19(23)20(24)16-8-6-5-7-9-16/h5-11,17H,3-4,12-15H2,1-2H3. The fourth-order valence-electron chi connectivity index (χ4n) is 3.53. The van der Waals surface area contributed by atoms with Crippen LogP contribution in [0.1, 0.15) is 47.9 Å². The number of nitrogens with zero attached hydrogens (tertiary/aromatic N) is 2. The molecule has 0 spiro atoms. The van der Waals surface area contributed by atoms with Crippen molar-refractivity contribution < 1.29 is 14.3 Å². The molecule has 26 heavy (non-hydrogen) atoms. The van der Waals surface area contributed by atoms with E-state index in [0.29, 0.717) is 30.8 Å². The fourth-order valence-corrected chi connectivity index (χ4v) is 3.53. The summed E-state index contributed by atoms with van der Waals surface area (Å²) in [7, 11) is 0. The van der Waals surface area contributed by atoms with E-state index >= 15 is 0 Å². The average Bonchev–Trinajstić information content (AvgIpc) is 3.27. The Morgan fingerprint density at radius 2 is 1.85 bits per heavy atom. The van der Waals surface area contributed by atoms with Crippen LogP contribution < -0.4 is 0 Å². The first-order valence-corrected chi connectivity index (χ1v) is 9.33. The Bertz CT molecular complexity index is 763. The highest BCUT2D eigenvalue weighted by atomic mass is 16.5. The molecule has 0 saturated carbocycles. The summed E-state index contributed by atoms with van der Waals surface area (Å²) in [6.07, 6.45) is 0.690. The lowest BCUT2D eigenvalue weighted by atomic mass is 10.1. The van der Waals surface area contributed by atoms with Crippen molar-refractivity contribution in [2.75, 3.05) is 26.2 Å². The molecule has 1 aliphatic heterocycles. The molecule has 3 rings (SSSR count). The van der Waals surface area contributed by atoms with Crippen LogP contribution in [0.4, 0.5) is 0 Å². The van der Waals surface area contributed by atoms with Gasteiger partial charge in [-0.3, -0.25) is 9.59 Å². The monoisotopic (exact) mass is 354 g/mol. The van der Waals surface area contributed by atoms with Crippen molar-refractivity contribution in [2.45, 2.75) is 32.7 Å². The number of hydrogen-bond acceptors (Lipinski definition) is 4. The number of esters is 1. The van der Waals surface area contributed by atoms with E-state index in [1.165, 1.54) is 0 Å². The van der Waals surface area contributed by atoms with E-state index in [1.54, 1.807) is 0 Å². The van der Waals surface area contributed by atoms with E-state index in [0.717, 1.165) is 25.3 Å². The zero-order valence-electron chi connectivity index (χ0n) is 15.5. The van der Waals surface area contributed by atoms with Gasteiger partial charge in [0, 0.05) is 24.3 Å². The molecular formula is C21H26N2O3. The molecule has 1 atom stereocenters. The van der Waals surface area contributed by atoms with Crippen LogP contribution in [0.3, 0.4) is 0 Å². The number of fused-ring (bicyclic) bond motifs is 1. The maximum absolute atomic E-state index is 12.7. The van der Waals surface area contributed by atoms with Crippen LogP contribution in [0.5, 0.6) is 0 Å². The van der Waals surface area contributed by atoms with Gasteiger partial charge in [0.2, 0.25) is 5.78 Å². The molecule has 2 aromatic rings. The molecule has 0 N–H and O–H groups in total. The number of aromatic nitrogens is 1. The Hall–Kier alpha value is -2.40. The van der Waals surface area contributed by atoms with Crippen molar-refractivity contribution in [1.29, 1.82) is 0 Å². The topological polar surface area (TPSA) is 51.5 Å². The van der Waals surface area contributed by atoms with Gasteiger partial charge in [-0.25, -0.2) is 0 Å². The van der Waals surface area contributed by atoms with E-state index in [9.17, 15) is 9.59 Å². The number of rotatable bonds is 8. The predicted octanol–water partition coefficient (Wildman–Crippen LogP) is 3.09. The number of benzene rings is 1. The molecule has 0 aliphatic carbocycles. The third kappa shape index (κ3) is 3.73. The van der Waals surface area contributed by atoms with Gasteiger partial charge in [0.1, 0.15) is 6.61 Å². The Labute approximate surface area is 154 Å². The molecule has 1 aromatic heterocycles. The van der Waals surface area contributed by atoms with Gasteiger partial charge in [0.15, 0.2) is 0 Å². The Morgan fingerprint density at radius 1 is 1.12 bits per heavy atom. The van der Waals surface area contributed by atoms with Crippen molar-refractivity contribution in [1.82, 2.24) is 9.47 Å². The highest BCUT2D eigenvalue weighted by Gasteiger charge is 2.33. The van der Waals surface area contributed by atoms with Crippen LogP contribution in [-0.4, -0.2) is 47.5 Å². The normalized spacial score (nSPS) is 15.9. The van der Waals surface area contributed by atoms with E-state index in [1.807, 2.05) is 47.0 Å². The second-order valence-electron chi connectivity index (χ2n) is 6.53. The minimum atomic E-state index is -0.274. The highest BCUT2D eigenvalue weighted by molar-refractivity contribution is 6.08. The van der Waals surface area contributed by atoms with E-state index < -0.39 is 0 Å². The fraction of sp³-hybridized carbons (Fsp3) is 0.429. The van der Waals surface area contributed by atoms with Crippen LogP contribution in [0, 0.1) is 0 Å². The third-order valence-corrected chi connectivity index (χ3v) is 5.11. The van der Waals surface area contributed by atoms with Gasteiger partial charge in [-0.15, -0.1) is 0 Å². The summed E-state index contributed by atoms with van der Waals surface area (Å²) in [5.41, 5.74) is 2.19. The molecule has 5 heteroatoms. The van der Waals surface area contributed by atoms with Crippen LogP contribution in [0.15, 0.2) is 42.5 Å². The van der Waals surface area contributed by atoms with Crippen LogP contribution in [-0.2, 0) is 16.1 Å². The van der Waals surface area contributed by atoms with Crippen molar-refractivity contribution in [3.8, 4) is 0 Å². The van der Waals surface area contributed by atoms with Gasteiger partial charge < -0.3 is 14.2 Å². The number of hydrogen-bond donors (Lipinski definition) is 0. The Morgan fingerprint density at radius 3 is 2.54 bits per heavy atom. The van der Waals surface area contributed by atoms with Crippen LogP contribution >= 0.6 is 0 Å². The predicted molar refractivity (Wildman–Crippen MR) is 100 cm³/mol. The summed E-state index contributed by atoms with van der Waals surface area (Å²) in [6, 6.07) is 12.9. The lowest BCUT2D eigenvalue weighted by Gasteiger charge is -2.18. The molecule has 0 radical (unpaired) electrons. The summed E-state index contributed by atoms with van der Waals surface area (Å²) < 4.78 is 7.46. The zero-order valence-corrected chi connectivity index (χ0v) is 15.5. The first-order chi connectivity index (χ1) is 12.7.